The lowest BCUT2D eigenvalue weighted by molar-refractivity contribution is 0.129. The van der Waals surface area contributed by atoms with Crippen LogP contribution in [0.2, 0.25) is 18.1 Å². The van der Waals surface area contributed by atoms with Crippen LogP contribution >= 0.6 is 0 Å². The van der Waals surface area contributed by atoms with E-state index in [4.69, 9.17) is 4.43 Å². The van der Waals surface area contributed by atoms with E-state index in [0.29, 0.717) is 16.6 Å². The Balaban J connectivity index is 2.70. The Morgan fingerprint density at radius 3 is 2.06 bits per heavy atom. The minimum atomic E-state index is -1.63. The Kier molecular flexibility index (Phi) is 4.55. The highest BCUT2D eigenvalue weighted by Gasteiger charge is 2.40. The van der Waals surface area contributed by atoms with Gasteiger partial charge in [-0.25, -0.2) is 0 Å². The van der Waals surface area contributed by atoms with Crippen LogP contribution in [0, 0.1) is 11.3 Å². The first-order valence-corrected chi connectivity index (χ1v) is 10.2. The average Bonchev–Trinajstić information content (AvgIpc) is 2.14. The van der Waals surface area contributed by atoms with E-state index in [1.54, 1.807) is 0 Å². The molecule has 0 saturated heterocycles. The summed E-state index contributed by atoms with van der Waals surface area (Å²) in [7, 11) is -1.63. The van der Waals surface area contributed by atoms with Crippen LogP contribution in [0.3, 0.4) is 0 Å². The first kappa shape index (κ1) is 16.0. The maximum absolute atomic E-state index is 6.52. The molecule has 1 rings (SSSR count). The molecule has 0 radical (unpaired) electrons. The van der Waals surface area contributed by atoms with Gasteiger partial charge in [-0.15, -0.1) is 0 Å². The third-order valence-electron chi connectivity index (χ3n) is 4.77. The van der Waals surface area contributed by atoms with E-state index in [1.165, 1.54) is 12.8 Å². The van der Waals surface area contributed by atoms with Crippen LogP contribution in [0.5, 0.6) is 0 Å². The normalized spacial score (nSPS) is 26.4. The van der Waals surface area contributed by atoms with Crippen LogP contribution in [0.1, 0.15) is 54.4 Å². The second-order valence-corrected chi connectivity index (χ2v) is 13.1. The fourth-order valence-corrected chi connectivity index (χ4v) is 3.48. The first-order valence-electron chi connectivity index (χ1n) is 7.28. The van der Waals surface area contributed by atoms with Crippen molar-refractivity contribution in [2.75, 3.05) is 0 Å². The predicted octanol–water partition coefficient (Wildman–Crippen LogP) is 5.39. The molecule has 0 N–H and O–H groups in total. The number of rotatable bonds is 2. The molecular formula is C16H32OSi. The van der Waals surface area contributed by atoms with Crippen molar-refractivity contribution in [3.63, 3.8) is 0 Å². The maximum atomic E-state index is 6.52. The fourth-order valence-electron chi connectivity index (χ4n) is 2.20. The van der Waals surface area contributed by atoms with Crippen LogP contribution in [-0.2, 0) is 4.43 Å². The Hall–Kier alpha value is -0.0831. The van der Waals surface area contributed by atoms with Gasteiger partial charge in [0, 0.05) is 0 Å². The Morgan fingerprint density at radius 1 is 1.06 bits per heavy atom. The molecule has 0 aliphatic heterocycles. The Bertz CT molecular complexity index is 304. The summed E-state index contributed by atoms with van der Waals surface area (Å²) in [5.74, 6) is 0.747. The second kappa shape index (κ2) is 5.13. The zero-order chi connectivity index (χ0) is 14.2. The zero-order valence-electron chi connectivity index (χ0n) is 13.6. The molecule has 1 nitrogen and oxygen atoms in total. The second-order valence-electron chi connectivity index (χ2n) is 8.38. The maximum Gasteiger partial charge on any atom is 0.192 e. The molecule has 18 heavy (non-hydrogen) atoms. The third-order valence-corrected chi connectivity index (χ3v) is 9.27. The Morgan fingerprint density at radius 2 is 1.61 bits per heavy atom. The van der Waals surface area contributed by atoms with E-state index in [-0.39, 0.29) is 0 Å². The third kappa shape index (κ3) is 3.96. The van der Waals surface area contributed by atoms with E-state index < -0.39 is 8.32 Å². The molecule has 0 aromatic heterocycles. The number of hydrogen-bond donors (Lipinski definition) is 0. The predicted molar refractivity (Wildman–Crippen MR) is 83.4 cm³/mol. The van der Waals surface area contributed by atoms with Crippen molar-refractivity contribution in [2.45, 2.75) is 78.6 Å². The minimum absolute atomic E-state index is 0.301. The van der Waals surface area contributed by atoms with Gasteiger partial charge >= 0.3 is 0 Å². The highest BCUT2D eigenvalue weighted by atomic mass is 28.4. The van der Waals surface area contributed by atoms with E-state index in [0.717, 1.165) is 5.92 Å². The highest BCUT2D eigenvalue weighted by Crippen LogP contribution is 2.41. The van der Waals surface area contributed by atoms with Gasteiger partial charge in [0.1, 0.15) is 0 Å². The summed E-state index contributed by atoms with van der Waals surface area (Å²) in [6.45, 7) is 18.7. The highest BCUT2D eigenvalue weighted by molar-refractivity contribution is 6.74. The summed E-state index contributed by atoms with van der Waals surface area (Å²) in [5.41, 5.74) is 0.389. The molecule has 1 aliphatic carbocycles. The summed E-state index contributed by atoms with van der Waals surface area (Å²) < 4.78 is 6.52. The van der Waals surface area contributed by atoms with E-state index in [1.807, 2.05) is 0 Å². The van der Waals surface area contributed by atoms with Crippen molar-refractivity contribution in [1.82, 2.24) is 0 Å². The van der Waals surface area contributed by atoms with Gasteiger partial charge in [0.15, 0.2) is 8.32 Å². The van der Waals surface area contributed by atoms with Crippen molar-refractivity contribution in [1.29, 1.82) is 0 Å². The molecule has 0 heterocycles. The quantitative estimate of drug-likeness (QED) is 0.482. The summed E-state index contributed by atoms with van der Waals surface area (Å²) >= 11 is 0. The lowest BCUT2D eigenvalue weighted by Gasteiger charge is -2.42. The molecule has 0 fully saturated rings. The molecule has 2 heteroatoms. The van der Waals surface area contributed by atoms with Crippen LogP contribution in [0.15, 0.2) is 12.2 Å². The van der Waals surface area contributed by atoms with Gasteiger partial charge in [0.25, 0.3) is 0 Å². The lowest BCUT2D eigenvalue weighted by Crippen LogP contribution is -2.44. The lowest BCUT2D eigenvalue weighted by atomic mass is 9.74. The summed E-state index contributed by atoms with van der Waals surface area (Å²) in [4.78, 5) is 0. The molecule has 0 bridgehead atoms. The van der Waals surface area contributed by atoms with Gasteiger partial charge in [-0.3, -0.25) is 0 Å². The van der Waals surface area contributed by atoms with Crippen LogP contribution in [0.25, 0.3) is 0 Å². The van der Waals surface area contributed by atoms with E-state index >= 15 is 0 Å². The molecule has 2 atom stereocenters. The van der Waals surface area contributed by atoms with Gasteiger partial charge in [-0.2, -0.15) is 0 Å². The minimum Gasteiger partial charge on any atom is -0.411 e. The smallest absolute Gasteiger partial charge is 0.192 e. The van der Waals surface area contributed by atoms with Gasteiger partial charge < -0.3 is 4.43 Å². The molecule has 106 valence electrons. The summed E-state index contributed by atoms with van der Waals surface area (Å²) in [6, 6.07) is 0. The topological polar surface area (TPSA) is 9.23 Å². The van der Waals surface area contributed by atoms with Crippen LogP contribution in [-0.4, -0.2) is 14.4 Å². The largest absolute Gasteiger partial charge is 0.411 e. The van der Waals surface area contributed by atoms with Crippen LogP contribution in [0.4, 0.5) is 0 Å². The SMILES string of the molecule is CC(C)(C)[C@@H]1CC=C[C@H](O[Si](C)(C)C(C)(C)C)C1. The molecule has 0 amide bonds. The van der Waals surface area contributed by atoms with Crippen molar-refractivity contribution in [3.05, 3.63) is 12.2 Å². The molecule has 1 aliphatic rings. The van der Waals surface area contributed by atoms with E-state index in [9.17, 15) is 0 Å². The van der Waals surface area contributed by atoms with Crippen LogP contribution < -0.4 is 0 Å². The van der Waals surface area contributed by atoms with E-state index in [2.05, 4.69) is 66.8 Å². The van der Waals surface area contributed by atoms with Gasteiger partial charge in [0.05, 0.1) is 6.10 Å². The molecule has 0 saturated carbocycles. The van der Waals surface area contributed by atoms with Gasteiger partial charge in [-0.1, -0.05) is 53.7 Å². The van der Waals surface area contributed by atoms with Crippen molar-refractivity contribution in [2.24, 2.45) is 11.3 Å². The molecule has 0 aromatic carbocycles. The molecule has 0 spiro atoms. The van der Waals surface area contributed by atoms with Crippen molar-refractivity contribution in [3.8, 4) is 0 Å². The Labute approximate surface area is 115 Å². The average molecular weight is 269 g/mol. The standard InChI is InChI=1S/C16H32OSi/c1-15(2,3)13-10-9-11-14(12-13)17-18(7,8)16(4,5)6/h9,11,13-14H,10,12H2,1-8H3/t13-,14+/m1/s1. The summed E-state index contributed by atoms with van der Waals surface area (Å²) in [5, 5.41) is 0.301. The fraction of sp³-hybridized carbons (Fsp3) is 0.875. The molecular weight excluding hydrogens is 236 g/mol. The van der Waals surface area contributed by atoms with Crippen molar-refractivity contribution >= 4 is 8.32 Å². The number of hydrogen-bond acceptors (Lipinski definition) is 1. The molecule has 0 aromatic rings. The van der Waals surface area contributed by atoms with Crippen molar-refractivity contribution < 1.29 is 4.43 Å². The van der Waals surface area contributed by atoms with Gasteiger partial charge in [0.2, 0.25) is 0 Å². The first-order chi connectivity index (χ1) is 7.93. The summed E-state index contributed by atoms with van der Waals surface area (Å²) in [6.07, 6.45) is 7.36. The molecule has 0 unspecified atom stereocenters. The monoisotopic (exact) mass is 268 g/mol. The van der Waals surface area contributed by atoms with Gasteiger partial charge in [-0.05, 0) is 42.3 Å². The zero-order valence-corrected chi connectivity index (χ0v) is 14.6. The number of allylic oxidation sites excluding steroid dienone is 1.